The van der Waals surface area contributed by atoms with E-state index in [9.17, 15) is 0 Å². The molecule has 0 spiro atoms. The highest BCUT2D eigenvalue weighted by atomic mass is 16.3. The molecule has 0 bridgehead atoms. The van der Waals surface area contributed by atoms with Gasteiger partial charge in [-0.3, -0.25) is 0 Å². The minimum Gasteiger partial charge on any atom is -0.454 e. The van der Waals surface area contributed by atoms with E-state index in [1.807, 2.05) is 18.2 Å². The largest absolute Gasteiger partial charge is 0.454 e. The van der Waals surface area contributed by atoms with E-state index in [0.29, 0.717) is 0 Å². The van der Waals surface area contributed by atoms with Crippen molar-refractivity contribution in [2.24, 2.45) is 0 Å². The molecule has 0 amide bonds. The average molecular weight is 1770 g/mol. The summed E-state index contributed by atoms with van der Waals surface area (Å²) in [6.07, 6.45) is 0. The zero-order valence-electron chi connectivity index (χ0n) is 75.1. The fourth-order valence-corrected chi connectivity index (χ4v) is 22.7. The van der Waals surface area contributed by atoms with Crippen LogP contribution < -0.4 is 0 Å². The highest BCUT2D eigenvalue weighted by Gasteiger charge is 2.28. The fraction of sp³-hybridized carbons (Fsp3) is 0. The van der Waals surface area contributed by atoms with Gasteiger partial charge in [0.2, 0.25) is 0 Å². The summed E-state index contributed by atoms with van der Waals surface area (Å²) in [6.45, 7) is 0. The van der Waals surface area contributed by atoms with Crippen molar-refractivity contribution in [2.75, 3.05) is 0 Å². The summed E-state index contributed by atoms with van der Waals surface area (Å²) < 4.78 is 34.3. The maximum absolute atomic E-state index is 6.65. The number of furan rings is 3. The van der Waals surface area contributed by atoms with Crippen LogP contribution in [0.3, 0.4) is 0 Å². The zero-order valence-corrected chi connectivity index (χ0v) is 75.1. The molecule has 0 saturated carbocycles. The molecule has 0 radical (unpaired) electrons. The van der Waals surface area contributed by atoms with Crippen LogP contribution in [0.1, 0.15) is 0 Å². The van der Waals surface area contributed by atoms with Crippen LogP contribution in [0, 0.1) is 0 Å². The lowest BCUT2D eigenvalue weighted by Gasteiger charge is -2.11. The van der Waals surface area contributed by atoms with E-state index < -0.39 is 0 Å². The van der Waals surface area contributed by atoms with Crippen LogP contribution in [0.15, 0.2) is 499 Å². The molecule has 22 aromatic carbocycles. The van der Waals surface area contributed by atoms with Crippen molar-refractivity contribution in [3.05, 3.63) is 485 Å². The summed E-state index contributed by atoms with van der Waals surface area (Å²) in [5.74, 6) is 0. The lowest BCUT2D eigenvalue weighted by Crippen LogP contribution is -1.96. The third kappa shape index (κ3) is 12.1. The Morgan fingerprint density at radius 1 is 0.122 bits per heavy atom. The van der Waals surface area contributed by atoms with E-state index in [1.165, 1.54) is 142 Å². The van der Waals surface area contributed by atoms with Crippen LogP contribution >= 0.6 is 0 Å². The molecule has 0 atom stereocenters. The number of para-hydroxylation sites is 9. The van der Waals surface area contributed by atoms with Crippen molar-refractivity contribution >= 4 is 207 Å². The molecule has 0 aliphatic carbocycles. The number of hydrogen-bond donors (Lipinski definition) is 0. The van der Waals surface area contributed by atoms with Crippen LogP contribution in [0.25, 0.3) is 275 Å². The monoisotopic (exact) mass is 1770 g/mol. The predicted octanol–water partition coefficient (Wildman–Crippen LogP) is 35.5. The summed E-state index contributed by atoms with van der Waals surface area (Å²) in [5, 5.41) is 23.9. The number of fused-ring (bicyclic) bond motifs is 31. The second-order valence-corrected chi connectivity index (χ2v) is 36.5. The quantitative estimate of drug-likeness (QED) is 0.145. The third-order valence-corrected chi connectivity index (χ3v) is 28.9. The van der Waals surface area contributed by atoms with Gasteiger partial charge in [-0.25, -0.2) is 0 Å². The second kappa shape index (κ2) is 30.9. The molecule has 9 aromatic heterocycles. The van der Waals surface area contributed by atoms with Crippen LogP contribution in [-0.2, 0) is 0 Å². The van der Waals surface area contributed by atoms with E-state index in [1.54, 1.807) is 0 Å². The Bertz CT molecular complexity index is 10500. The van der Waals surface area contributed by atoms with Gasteiger partial charge in [-0.05, 0) is 214 Å². The molecule has 31 aromatic rings. The Labute approximate surface area is 795 Å². The number of hydrogen-bond acceptors (Lipinski definition) is 3. The Kier molecular flexibility index (Phi) is 17.3. The van der Waals surface area contributed by atoms with Gasteiger partial charge in [0, 0.05) is 131 Å². The molecule has 0 N–H and O–H groups in total. The summed E-state index contributed by atoms with van der Waals surface area (Å²) >= 11 is 0. The van der Waals surface area contributed by atoms with Gasteiger partial charge >= 0.3 is 0 Å². The lowest BCUT2D eigenvalue weighted by molar-refractivity contribution is 0.670. The van der Waals surface area contributed by atoms with Crippen LogP contribution in [0.5, 0.6) is 0 Å². The van der Waals surface area contributed by atoms with E-state index in [0.717, 1.165) is 133 Å². The van der Waals surface area contributed by atoms with Gasteiger partial charge in [0.15, 0.2) is 16.7 Å². The van der Waals surface area contributed by atoms with Crippen molar-refractivity contribution in [3.63, 3.8) is 0 Å². The summed E-state index contributed by atoms with van der Waals surface area (Å²) in [5.41, 5.74) is 33.4. The predicted molar refractivity (Wildman–Crippen MR) is 581 cm³/mol. The molecule has 648 valence electrons. The van der Waals surface area contributed by atoms with Crippen LogP contribution in [-0.4, -0.2) is 27.4 Å². The first-order chi connectivity index (χ1) is 69.0. The van der Waals surface area contributed by atoms with Gasteiger partial charge in [-0.15, -0.1) is 0 Å². The standard InChI is InChI=1S/C48H30N2O.C42H26N2O.C40H24N2O/c1-3-12-31(13-4-1)33-14-11-15-34(28-33)32-22-24-36(25-23-32)49-43-20-9-7-18-37(43)41-29-42-39-26-27-40-38-19-8-10-21-46(38)51-48(40)47(39)50(45(42)30-44(41)49)35-16-5-2-6-17-35;1-3-12-27(13-4-1)28-14-11-17-30(24-28)43-37-20-9-7-18-31(37)35-25-36-33-22-23-34-32-19-8-10-21-40(32)45-42(34)41(33)44(39(36)26-38(35)43)29-15-5-2-6-16-29;1-2-12-27(13-3-1)42-37-24-36-33(23-34(37)31-20-21-32-30-15-7-9-17-38(30)43-40(32)39(31)42)29-14-6-8-16-35(29)41(36)28-19-18-25-10-4-5-11-26(25)22-28/h1-30H;1-26H;1-24H. The maximum atomic E-state index is 6.65. The number of rotatable bonds is 9. The van der Waals surface area contributed by atoms with Crippen LogP contribution in [0.2, 0.25) is 0 Å². The average Bonchev–Trinajstić information content (AvgIpc) is 1.55. The fourth-order valence-electron chi connectivity index (χ4n) is 22.7. The van der Waals surface area contributed by atoms with Crippen molar-refractivity contribution in [2.45, 2.75) is 0 Å². The first kappa shape index (κ1) is 77.9. The maximum Gasteiger partial charge on any atom is 0.160 e. The molecule has 139 heavy (non-hydrogen) atoms. The highest BCUT2D eigenvalue weighted by molar-refractivity contribution is 6.29. The normalized spacial score (nSPS) is 12.0. The van der Waals surface area contributed by atoms with Crippen molar-refractivity contribution in [1.82, 2.24) is 27.4 Å². The van der Waals surface area contributed by atoms with Gasteiger partial charge in [-0.2, -0.15) is 0 Å². The Hall–Kier alpha value is -18.7. The minimum absolute atomic E-state index is 0.905. The Morgan fingerprint density at radius 2 is 0.388 bits per heavy atom. The molecular weight excluding hydrogens is 1690 g/mol. The molecule has 0 aliphatic heterocycles. The summed E-state index contributed by atoms with van der Waals surface area (Å²) in [6, 6.07) is 174. The number of benzene rings is 22. The smallest absolute Gasteiger partial charge is 0.160 e. The lowest BCUT2D eigenvalue weighted by atomic mass is 9.99. The highest BCUT2D eigenvalue weighted by Crippen LogP contribution is 2.50. The van der Waals surface area contributed by atoms with Gasteiger partial charge < -0.3 is 40.7 Å². The topological polar surface area (TPSA) is 69.0 Å². The van der Waals surface area contributed by atoms with Crippen LogP contribution in [0.4, 0.5) is 0 Å². The van der Waals surface area contributed by atoms with Crippen molar-refractivity contribution in [3.8, 4) is 67.5 Å². The minimum atomic E-state index is 0.905. The van der Waals surface area contributed by atoms with E-state index in [2.05, 4.69) is 495 Å². The molecule has 31 rings (SSSR count). The molecule has 0 unspecified atom stereocenters. The number of nitrogens with zero attached hydrogens (tertiary/aromatic N) is 6. The first-order valence-corrected chi connectivity index (χ1v) is 47.5. The second-order valence-electron chi connectivity index (χ2n) is 36.5. The molecule has 9 heterocycles. The van der Waals surface area contributed by atoms with E-state index >= 15 is 0 Å². The SMILES string of the molecule is c1ccc(-c2cccc(-c3ccc(-n4c5ccccc5c5cc6c7ccc8c9ccccc9oc8c7n(-c7ccccc7)c6cc54)cc3)c2)cc1.c1ccc(-c2cccc(-n3c4ccccc4c4cc5c6ccc7c8ccccc8oc7c6n(-c6ccccc6)c5cc43)c2)cc1.c1ccc(-n2c3cc4c(cc3c3ccc5c6ccccc6oc5c32)c2ccccc2n4-c2ccc3ccccc3c2)cc1. The summed E-state index contributed by atoms with van der Waals surface area (Å²) in [7, 11) is 0. The Morgan fingerprint density at radius 3 is 0.791 bits per heavy atom. The Balaban J connectivity index is 0.000000101. The molecule has 9 heteroatoms. The first-order valence-electron chi connectivity index (χ1n) is 47.5. The van der Waals surface area contributed by atoms with Gasteiger partial charge in [0.05, 0.1) is 66.2 Å². The molecule has 9 nitrogen and oxygen atoms in total. The third-order valence-electron chi connectivity index (χ3n) is 28.9. The van der Waals surface area contributed by atoms with Crippen molar-refractivity contribution in [1.29, 1.82) is 0 Å². The molecule has 0 saturated heterocycles. The van der Waals surface area contributed by atoms with E-state index in [4.69, 9.17) is 13.3 Å². The van der Waals surface area contributed by atoms with Crippen molar-refractivity contribution < 1.29 is 13.3 Å². The van der Waals surface area contributed by atoms with Gasteiger partial charge in [-0.1, -0.05) is 315 Å². The van der Waals surface area contributed by atoms with Gasteiger partial charge in [0.1, 0.15) is 16.7 Å². The molecular formula is C130H80N6O3. The summed E-state index contributed by atoms with van der Waals surface area (Å²) in [4.78, 5) is 0. The van der Waals surface area contributed by atoms with Gasteiger partial charge in [0.25, 0.3) is 0 Å². The molecule has 0 fully saturated rings. The number of aromatic nitrogens is 6. The zero-order chi connectivity index (χ0) is 91.0. The molecule has 0 aliphatic rings. The van der Waals surface area contributed by atoms with E-state index in [-0.39, 0.29) is 0 Å².